The highest BCUT2D eigenvalue weighted by Gasteiger charge is 2.59. The minimum Gasteiger partial charge on any atom is -0.466 e. The van der Waals surface area contributed by atoms with Gasteiger partial charge in [0.25, 0.3) is 0 Å². The van der Waals surface area contributed by atoms with Crippen molar-refractivity contribution in [2.75, 3.05) is 32.8 Å². The lowest BCUT2D eigenvalue weighted by Crippen LogP contribution is -2.51. The van der Waals surface area contributed by atoms with E-state index >= 15 is 0 Å². The van der Waals surface area contributed by atoms with Crippen LogP contribution in [-0.4, -0.2) is 60.9 Å². The standard InChI is InChI=1S/C59H101NO5/c1-7-8-9-10-11-12-13-14-15-16-17-18-19-20-22-32-56(62)64-46-28-26-44-60(43-25-27-45-61)42-24-21-23-33-57(63)65-51-38-40-58(5)50(47-51)34-35-52-54-37-36-53(49(4)31-29-30-48(2)3)59(54,6)41-39-55(52)58/h8-9,11-12,14-15,34,48-49,51-55,61H,7,10,13,16-33,35-47H2,1-6H3/b9-8-,12-11-,15-14-. The molecule has 0 spiro atoms. The Bertz CT molecular complexity index is 1450. The third-order valence-electron chi connectivity index (χ3n) is 17.0. The van der Waals surface area contributed by atoms with Gasteiger partial charge in [-0.25, -0.2) is 0 Å². The van der Waals surface area contributed by atoms with E-state index in [1.807, 2.05) is 0 Å². The Morgan fingerprint density at radius 3 is 2.12 bits per heavy atom. The van der Waals surface area contributed by atoms with Crippen LogP contribution in [0.25, 0.3) is 0 Å². The molecule has 0 radical (unpaired) electrons. The van der Waals surface area contributed by atoms with Crippen LogP contribution < -0.4 is 0 Å². The molecule has 8 atom stereocenters. The summed E-state index contributed by atoms with van der Waals surface area (Å²) in [5.41, 5.74) is 2.41. The van der Waals surface area contributed by atoms with Crippen molar-refractivity contribution in [3.05, 3.63) is 48.1 Å². The van der Waals surface area contributed by atoms with Crippen LogP contribution >= 0.6 is 0 Å². The van der Waals surface area contributed by atoms with Gasteiger partial charge in [-0.15, -0.1) is 0 Å². The fraction of sp³-hybridized carbons (Fsp3) is 0.831. The van der Waals surface area contributed by atoms with Crippen molar-refractivity contribution < 1.29 is 24.2 Å². The second kappa shape index (κ2) is 31.0. The molecule has 3 fully saturated rings. The Balaban J connectivity index is 1.04. The zero-order valence-electron chi connectivity index (χ0n) is 43.2. The van der Waals surface area contributed by atoms with Crippen molar-refractivity contribution in [2.45, 2.75) is 234 Å². The third kappa shape index (κ3) is 19.0. The van der Waals surface area contributed by atoms with Crippen LogP contribution in [0.15, 0.2) is 48.1 Å². The molecule has 0 saturated heterocycles. The Morgan fingerprint density at radius 2 is 1.38 bits per heavy atom. The summed E-state index contributed by atoms with van der Waals surface area (Å²) in [7, 11) is 0. The highest BCUT2D eigenvalue weighted by molar-refractivity contribution is 5.69. The molecule has 0 aromatic heterocycles. The number of aliphatic hydroxyl groups is 1. The number of allylic oxidation sites excluding steroid dienone is 7. The van der Waals surface area contributed by atoms with Gasteiger partial charge in [0.2, 0.25) is 0 Å². The van der Waals surface area contributed by atoms with Gasteiger partial charge in [-0.05, 0) is 188 Å². The summed E-state index contributed by atoms with van der Waals surface area (Å²) in [6.07, 6.45) is 47.9. The van der Waals surface area contributed by atoms with Crippen molar-refractivity contribution in [3.63, 3.8) is 0 Å². The average molecular weight is 904 g/mol. The summed E-state index contributed by atoms with van der Waals surface area (Å²) in [6.45, 7) is 18.4. The number of fused-ring (bicyclic) bond motifs is 5. The molecule has 4 aliphatic carbocycles. The van der Waals surface area contributed by atoms with Gasteiger partial charge < -0.3 is 19.5 Å². The van der Waals surface area contributed by atoms with Crippen molar-refractivity contribution in [2.24, 2.45) is 46.3 Å². The lowest BCUT2D eigenvalue weighted by Gasteiger charge is -2.58. The second-order valence-electron chi connectivity index (χ2n) is 22.3. The molecular formula is C59H101NO5. The van der Waals surface area contributed by atoms with Crippen LogP contribution in [0.4, 0.5) is 0 Å². The number of nitrogens with zero attached hydrogens (tertiary/aromatic N) is 1. The van der Waals surface area contributed by atoms with E-state index in [4.69, 9.17) is 9.47 Å². The van der Waals surface area contributed by atoms with Crippen LogP contribution in [0.3, 0.4) is 0 Å². The lowest BCUT2D eigenvalue weighted by atomic mass is 9.47. The smallest absolute Gasteiger partial charge is 0.306 e. The highest BCUT2D eigenvalue weighted by Crippen LogP contribution is 2.67. The Kier molecular flexibility index (Phi) is 26.5. The van der Waals surface area contributed by atoms with Crippen molar-refractivity contribution in [1.82, 2.24) is 4.90 Å². The predicted molar refractivity (Wildman–Crippen MR) is 274 cm³/mol. The van der Waals surface area contributed by atoms with Crippen LogP contribution in [0, 0.1) is 46.3 Å². The summed E-state index contributed by atoms with van der Waals surface area (Å²) in [5.74, 6) is 5.00. The molecule has 0 amide bonds. The Morgan fingerprint density at radius 1 is 0.723 bits per heavy atom. The molecule has 0 aromatic carbocycles. The SMILES string of the molecule is CC/C=C\C/C=C\C/C=C\CCCCCCCC(=O)OCCCCN(CCCCO)CCCCCC(=O)OC1CCC2(C)C(=CCC3C2CCC2(C)C(C(C)CCCC(C)C)CCC32)C1. The maximum Gasteiger partial charge on any atom is 0.306 e. The van der Waals surface area contributed by atoms with Gasteiger partial charge in [-0.2, -0.15) is 0 Å². The molecule has 3 saturated carbocycles. The van der Waals surface area contributed by atoms with Gasteiger partial charge in [-0.3, -0.25) is 9.59 Å². The van der Waals surface area contributed by atoms with Crippen LogP contribution in [0.5, 0.6) is 0 Å². The molecule has 65 heavy (non-hydrogen) atoms. The third-order valence-corrected chi connectivity index (χ3v) is 17.0. The average Bonchev–Trinajstić information content (AvgIpc) is 3.64. The summed E-state index contributed by atoms with van der Waals surface area (Å²) in [6, 6.07) is 0. The number of rotatable bonds is 34. The molecule has 6 nitrogen and oxygen atoms in total. The molecule has 6 heteroatoms. The summed E-state index contributed by atoms with van der Waals surface area (Å²) >= 11 is 0. The van der Waals surface area contributed by atoms with E-state index in [0.29, 0.717) is 24.9 Å². The molecule has 0 bridgehead atoms. The van der Waals surface area contributed by atoms with Crippen molar-refractivity contribution in [1.29, 1.82) is 0 Å². The minimum absolute atomic E-state index is 0.0100. The molecule has 0 aliphatic heterocycles. The van der Waals surface area contributed by atoms with Crippen LogP contribution in [0.2, 0.25) is 0 Å². The van der Waals surface area contributed by atoms with E-state index in [0.717, 1.165) is 151 Å². The van der Waals surface area contributed by atoms with E-state index in [-0.39, 0.29) is 30.1 Å². The minimum atomic E-state index is -0.0581. The zero-order chi connectivity index (χ0) is 46.8. The Hall–Kier alpha value is -2.18. The quantitative estimate of drug-likeness (QED) is 0.0394. The summed E-state index contributed by atoms with van der Waals surface area (Å²) in [4.78, 5) is 27.9. The number of hydrogen-bond donors (Lipinski definition) is 1. The van der Waals surface area contributed by atoms with E-state index in [9.17, 15) is 14.7 Å². The predicted octanol–water partition coefficient (Wildman–Crippen LogP) is 15.5. The maximum atomic E-state index is 13.1. The topological polar surface area (TPSA) is 76.1 Å². The fourth-order valence-electron chi connectivity index (χ4n) is 13.1. The van der Waals surface area contributed by atoms with Gasteiger partial charge in [0.05, 0.1) is 6.61 Å². The van der Waals surface area contributed by atoms with E-state index in [1.165, 1.54) is 77.0 Å². The van der Waals surface area contributed by atoms with Gasteiger partial charge in [0.1, 0.15) is 6.10 Å². The number of hydrogen-bond acceptors (Lipinski definition) is 6. The first-order valence-electron chi connectivity index (χ1n) is 27.8. The number of aliphatic hydroxyl groups excluding tert-OH is 1. The molecule has 1 N–H and O–H groups in total. The molecule has 4 aliphatic rings. The first kappa shape index (κ1) is 55.4. The molecule has 4 rings (SSSR count). The first-order chi connectivity index (χ1) is 31.5. The number of carbonyl (C=O) groups is 2. The van der Waals surface area contributed by atoms with Gasteiger partial charge in [0.15, 0.2) is 0 Å². The summed E-state index contributed by atoms with van der Waals surface area (Å²) in [5, 5.41) is 9.36. The van der Waals surface area contributed by atoms with Crippen LogP contribution in [-0.2, 0) is 19.1 Å². The lowest BCUT2D eigenvalue weighted by molar-refractivity contribution is -0.151. The van der Waals surface area contributed by atoms with Crippen molar-refractivity contribution >= 4 is 11.9 Å². The van der Waals surface area contributed by atoms with Gasteiger partial charge in [-0.1, -0.05) is 135 Å². The molecule has 0 heterocycles. The zero-order valence-corrected chi connectivity index (χ0v) is 43.2. The second-order valence-corrected chi connectivity index (χ2v) is 22.3. The fourth-order valence-corrected chi connectivity index (χ4v) is 13.1. The van der Waals surface area contributed by atoms with Crippen LogP contribution in [0.1, 0.15) is 228 Å². The molecule has 0 aromatic rings. The molecular weight excluding hydrogens is 803 g/mol. The maximum absolute atomic E-state index is 13.1. The number of ether oxygens (including phenoxy) is 2. The highest BCUT2D eigenvalue weighted by atomic mass is 16.5. The summed E-state index contributed by atoms with van der Waals surface area (Å²) < 4.78 is 11.8. The van der Waals surface area contributed by atoms with Crippen molar-refractivity contribution in [3.8, 4) is 0 Å². The number of unbranched alkanes of at least 4 members (excludes halogenated alkanes) is 9. The van der Waals surface area contributed by atoms with Gasteiger partial charge >= 0.3 is 11.9 Å². The monoisotopic (exact) mass is 904 g/mol. The normalized spacial score (nSPS) is 27.1. The van der Waals surface area contributed by atoms with E-state index < -0.39 is 0 Å². The van der Waals surface area contributed by atoms with Gasteiger partial charge in [0, 0.05) is 25.9 Å². The Labute approximate surface area is 400 Å². The largest absolute Gasteiger partial charge is 0.466 e. The molecule has 372 valence electrons. The number of carbonyl (C=O) groups excluding carboxylic acids is 2. The first-order valence-corrected chi connectivity index (χ1v) is 27.8. The van der Waals surface area contributed by atoms with E-state index in [1.54, 1.807) is 5.57 Å². The van der Waals surface area contributed by atoms with E-state index in [2.05, 4.69) is 89.0 Å². The molecule has 8 unspecified atom stereocenters. The number of esters is 2.